The van der Waals surface area contributed by atoms with Crippen molar-refractivity contribution in [1.29, 1.82) is 0 Å². The van der Waals surface area contributed by atoms with Gasteiger partial charge in [0.25, 0.3) is 0 Å². The molecule has 148 valence electrons. The first-order valence-corrected chi connectivity index (χ1v) is 9.62. The number of piperazine rings is 1. The molecule has 0 unspecified atom stereocenters. The number of ether oxygens (including phenoxy) is 1. The smallest absolute Gasteiger partial charge is 0.330 e. The van der Waals surface area contributed by atoms with Crippen LogP contribution in [-0.2, 0) is 24.6 Å². The molecule has 3 rings (SSSR count). The van der Waals surface area contributed by atoms with E-state index in [1.807, 2.05) is 39.8 Å². The lowest BCUT2D eigenvalue weighted by molar-refractivity contribution is -0.201. The zero-order valence-electron chi connectivity index (χ0n) is 16.7. The molecule has 2 fully saturated rings. The molecule has 1 saturated heterocycles. The van der Waals surface area contributed by atoms with Crippen molar-refractivity contribution >= 4 is 17.8 Å². The number of rotatable bonds is 5. The molecular weight excluding hydrogens is 346 g/mol. The van der Waals surface area contributed by atoms with Gasteiger partial charge in [-0.15, -0.1) is 5.06 Å². The summed E-state index contributed by atoms with van der Waals surface area (Å²) in [6.07, 6.45) is 3.45. The van der Waals surface area contributed by atoms with Crippen LogP contribution in [0.25, 0.3) is 0 Å². The molecule has 0 spiro atoms. The van der Waals surface area contributed by atoms with E-state index in [4.69, 9.17) is 9.57 Å². The number of hydrogen-bond acceptors (Lipinski definition) is 7. The Morgan fingerprint density at radius 2 is 1.81 bits per heavy atom. The Morgan fingerprint density at radius 3 is 2.30 bits per heavy atom. The predicted octanol–water partition coefficient (Wildman–Crippen LogP) is 2.30. The van der Waals surface area contributed by atoms with Gasteiger partial charge in [0.15, 0.2) is 0 Å². The molecule has 0 N–H and O–H groups in total. The van der Waals surface area contributed by atoms with E-state index in [0.29, 0.717) is 19.7 Å². The molecule has 7 heteroatoms. The third kappa shape index (κ3) is 4.24. The summed E-state index contributed by atoms with van der Waals surface area (Å²) in [4.78, 5) is 36.4. The SMILES string of the molecule is CCOC(=O)C1(c2ccc(N3CCN(OC(=O)C(C)(C)C)CC3)nc2)CC1. The molecule has 27 heavy (non-hydrogen) atoms. The first-order valence-electron chi connectivity index (χ1n) is 9.62. The van der Waals surface area contributed by atoms with Gasteiger partial charge in [0.1, 0.15) is 5.82 Å². The van der Waals surface area contributed by atoms with Gasteiger partial charge in [-0.2, -0.15) is 0 Å². The molecule has 0 atom stereocenters. The molecule has 0 bridgehead atoms. The summed E-state index contributed by atoms with van der Waals surface area (Å²) in [5.74, 6) is 0.515. The monoisotopic (exact) mass is 375 g/mol. The number of anilines is 1. The van der Waals surface area contributed by atoms with E-state index in [1.165, 1.54) is 0 Å². The first-order chi connectivity index (χ1) is 12.8. The number of hydrogen-bond donors (Lipinski definition) is 0. The minimum absolute atomic E-state index is 0.145. The summed E-state index contributed by atoms with van der Waals surface area (Å²) in [6, 6.07) is 3.95. The fourth-order valence-corrected chi connectivity index (χ4v) is 3.12. The van der Waals surface area contributed by atoms with E-state index in [1.54, 1.807) is 11.3 Å². The van der Waals surface area contributed by atoms with Gasteiger partial charge in [-0.25, -0.2) is 9.78 Å². The van der Waals surface area contributed by atoms with Crippen LogP contribution < -0.4 is 4.90 Å². The summed E-state index contributed by atoms with van der Waals surface area (Å²) < 4.78 is 5.21. The van der Waals surface area contributed by atoms with Crippen LogP contribution in [-0.4, -0.2) is 54.8 Å². The summed E-state index contributed by atoms with van der Waals surface area (Å²) >= 11 is 0. The van der Waals surface area contributed by atoms with Crippen LogP contribution in [0.2, 0.25) is 0 Å². The average Bonchev–Trinajstić information content (AvgIpc) is 3.44. The van der Waals surface area contributed by atoms with Crippen LogP contribution in [0.15, 0.2) is 18.3 Å². The highest BCUT2D eigenvalue weighted by Gasteiger charge is 2.53. The van der Waals surface area contributed by atoms with Gasteiger partial charge in [0, 0.05) is 19.3 Å². The lowest BCUT2D eigenvalue weighted by Gasteiger charge is -2.35. The quantitative estimate of drug-likeness (QED) is 0.731. The van der Waals surface area contributed by atoms with E-state index in [9.17, 15) is 9.59 Å². The highest BCUT2D eigenvalue weighted by Crippen LogP contribution is 2.49. The zero-order chi connectivity index (χ0) is 19.7. The highest BCUT2D eigenvalue weighted by molar-refractivity contribution is 5.86. The zero-order valence-corrected chi connectivity index (χ0v) is 16.7. The van der Waals surface area contributed by atoms with Gasteiger partial charge >= 0.3 is 11.9 Å². The Balaban J connectivity index is 1.57. The standard InChI is InChI=1S/C20H29N3O4/c1-5-26-18(25)20(8-9-20)15-6-7-16(21-14-15)22-10-12-23(13-11-22)27-17(24)19(2,3)4/h6-7,14H,5,8-13H2,1-4H3. The highest BCUT2D eigenvalue weighted by atomic mass is 16.7. The van der Waals surface area contributed by atoms with E-state index < -0.39 is 10.8 Å². The van der Waals surface area contributed by atoms with Crippen LogP contribution in [0, 0.1) is 5.41 Å². The Labute approximate surface area is 160 Å². The molecule has 1 aliphatic carbocycles. The fraction of sp³-hybridized carbons (Fsp3) is 0.650. The Hall–Kier alpha value is -2.15. The number of nitrogens with zero attached hydrogens (tertiary/aromatic N) is 3. The van der Waals surface area contributed by atoms with Crippen molar-refractivity contribution in [2.75, 3.05) is 37.7 Å². The van der Waals surface area contributed by atoms with Crippen molar-refractivity contribution in [2.45, 2.75) is 46.0 Å². The van der Waals surface area contributed by atoms with Crippen LogP contribution in [0.5, 0.6) is 0 Å². The van der Waals surface area contributed by atoms with Gasteiger partial charge in [0.2, 0.25) is 0 Å². The van der Waals surface area contributed by atoms with E-state index in [-0.39, 0.29) is 11.9 Å². The second kappa shape index (κ2) is 7.46. The van der Waals surface area contributed by atoms with Crippen LogP contribution >= 0.6 is 0 Å². The summed E-state index contributed by atoms with van der Waals surface area (Å²) in [6.45, 7) is 10.5. The Bertz CT molecular complexity index is 684. The van der Waals surface area contributed by atoms with Crippen molar-refractivity contribution in [3.8, 4) is 0 Å². The third-order valence-electron chi connectivity index (χ3n) is 5.10. The number of esters is 1. The average molecular weight is 375 g/mol. The topological polar surface area (TPSA) is 72.0 Å². The maximum Gasteiger partial charge on any atom is 0.330 e. The van der Waals surface area contributed by atoms with Crippen molar-refractivity contribution < 1.29 is 19.2 Å². The molecular formula is C20H29N3O4. The largest absolute Gasteiger partial charge is 0.465 e. The number of pyridine rings is 1. The predicted molar refractivity (Wildman–Crippen MR) is 101 cm³/mol. The van der Waals surface area contributed by atoms with Gasteiger partial charge in [-0.1, -0.05) is 6.07 Å². The van der Waals surface area contributed by atoms with Gasteiger partial charge in [-0.05, 0) is 52.2 Å². The fourth-order valence-electron chi connectivity index (χ4n) is 3.12. The molecule has 1 aliphatic heterocycles. The summed E-state index contributed by atoms with van der Waals surface area (Å²) in [7, 11) is 0. The minimum Gasteiger partial charge on any atom is -0.465 e. The lowest BCUT2D eigenvalue weighted by atomic mass is 9.98. The van der Waals surface area contributed by atoms with E-state index >= 15 is 0 Å². The van der Waals surface area contributed by atoms with E-state index in [2.05, 4.69) is 9.88 Å². The Morgan fingerprint density at radius 1 is 1.15 bits per heavy atom. The Kier molecular flexibility index (Phi) is 5.42. The minimum atomic E-state index is -0.508. The summed E-state index contributed by atoms with van der Waals surface area (Å²) in [5, 5.41) is 1.72. The molecule has 0 amide bonds. The normalized spacial score (nSPS) is 19.5. The number of hydroxylamine groups is 2. The van der Waals surface area contributed by atoms with E-state index in [0.717, 1.165) is 37.3 Å². The van der Waals surface area contributed by atoms with Crippen molar-refractivity contribution in [1.82, 2.24) is 10.0 Å². The van der Waals surface area contributed by atoms with Crippen LogP contribution in [0.4, 0.5) is 5.82 Å². The molecule has 2 aliphatic rings. The second-order valence-corrected chi connectivity index (χ2v) is 8.25. The van der Waals surface area contributed by atoms with Crippen LogP contribution in [0.3, 0.4) is 0 Å². The number of aromatic nitrogens is 1. The molecule has 1 aromatic heterocycles. The molecule has 7 nitrogen and oxygen atoms in total. The molecule has 0 aromatic carbocycles. The lowest BCUT2D eigenvalue weighted by Crippen LogP contribution is -2.48. The number of carbonyl (C=O) groups is 2. The molecule has 1 saturated carbocycles. The van der Waals surface area contributed by atoms with Crippen LogP contribution in [0.1, 0.15) is 46.1 Å². The summed E-state index contributed by atoms with van der Waals surface area (Å²) in [5.41, 5.74) is -0.0596. The van der Waals surface area contributed by atoms with Gasteiger partial charge in [0.05, 0.1) is 30.5 Å². The van der Waals surface area contributed by atoms with Crippen molar-refractivity contribution in [2.24, 2.45) is 5.41 Å². The maximum atomic E-state index is 12.2. The van der Waals surface area contributed by atoms with Gasteiger partial charge < -0.3 is 14.5 Å². The van der Waals surface area contributed by atoms with Crippen molar-refractivity contribution in [3.05, 3.63) is 23.9 Å². The van der Waals surface area contributed by atoms with Gasteiger partial charge in [-0.3, -0.25) is 4.79 Å². The van der Waals surface area contributed by atoms with Crippen molar-refractivity contribution in [3.63, 3.8) is 0 Å². The second-order valence-electron chi connectivity index (χ2n) is 8.25. The third-order valence-corrected chi connectivity index (χ3v) is 5.10. The molecule has 0 radical (unpaired) electrons. The first kappa shape index (κ1) is 19.6. The number of carbonyl (C=O) groups excluding carboxylic acids is 2. The molecule has 1 aromatic rings. The molecule has 2 heterocycles. The maximum absolute atomic E-state index is 12.2.